The van der Waals surface area contributed by atoms with Gasteiger partial charge in [-0.2, -0.15) is 0 Å². The van der Waals surface area contributed by atoms with Gasteiger partial charge in [0.15, 0.2) is 5.78 Å². The Morgan fingerprint density at radius 3 is 2.62 bits per heavy atom. The first-order valence-electron chi connectivity index (χ1n) is 7.71. The Bertz CT molecular complexity index is 691. The molecule has 0 amide bonds. The van der Waals surface area contributed by atoms with Gasteiger partial charge in [-0.3, -0.25) is 4.79 Å². The van der Waals surface area contributed by atoms with Crippen LogP contribution in [0.5, 0.6) is 0 Å². The third kappa shape index (κ3) is 2.55. The lowest BCUT2D eigenvalue weighted by Gasteiger charge is -2.29. The van der Waals surface area contributed by atoms with E-state index in [4.69, 9.17) is 0 Å². The van der Waals surface area contributed by atoms with Gasteiger partial charge in [-0.1, -0.05) is 39.8 Å². The Labute approximate surface area is 126 Å². The van der Waals surface area contributed by atoms with Crippen molar-refractivity contribution in [2.75, 3.05) is 0 Å². The van der Waals surface area contributed by atoms with Crippen molar-refractivity contribution in [2.24, 2.45) is 5.41 Å². The molecule has 0 unspecified atom stereocenters. The first-order chi connectivity index (χ1) is 9.87. The van der Waals surface area contributed by atoms with Crippen LogP contribution in [0.2, 0.25) is 0 Å². The predicted molar refractivity (Wildman–Crippen MR) is 86.3 cm³/mol. The fourth-order valence-corrected chi connectivity index (χ4v) is 3.22. The first kappa shape index (κ1) is 14.1. The fraction of sp³-hybridized carbons (Fsp3) is 0.421. The van der Waals surface area contributed by atoms with Gasteiger partial charge in [0.05, 0.1) is 0 Å². The lowest BCUT2D eigenvalue weighted by atomic mass is 9.76. The largest absolute Gasteiger partial charge is 0.320 e. The van der Waals surface area contributed by atoms with Crippen LogP contribution in [0.3, 0.4) is 0 Å². The fourth-order valence-electron chi connectivity index (χ4n) is 3.22. The SMILES string of the molecule is CC(C)c1cccc(-n2ccc3c2CC(C)(C)CC3=O)c1. The lowest BCUT2D eigenvalue weighted by Crippen LogP contribution is -2.27. The van der Waals surface area contributed by atoms with Gasteiger partial charge >= 0.3 is 0 Å². The summed E-state index contributed by atoms with van der Waals surface area (Å²) in [5.74, 6) is 0.787. The summed E-state index contributed by atoms with van der Waals surface area (Å²) in [6.07, 6.45) is 3.65. The van der Waals surface area contributed by atoms with E-state index in [1.807, 2.05) is 12.3 Å². The molecule has 2 nitrogen and oxygen atoms in total. The van der Waals surface area contributed by atoms with Gasteiger partial charge in [0.25, 0.3) is 0 Å². The quantitative estimate of drug-likeness (QED) is 0.778. The third-order valence-corrected chi connectivity index (χ3v) is 4.39. The number of carbonyl (C=O) groups is 1. The van der Waals surface area contributed by atoms with E-state index in [9.17, 15) is 4.79 Å². The van der Waals surface area contributed by atoms with Crippen molar-refractivity contribution in [1.29, 1.82) is 0 Å². The lowest BCUT2D eigenvalue weighted by molar-refractivity contribution is 0.0911. The Morgan fingerprint density at radius 1 is 1.14 bits per heavy atom. The number of Topliss-reactive ketones (excluding diaryl/α,β-unsaturated/α-hetero) is 1. The molecule has 0 aliphatic heterocycles. The normalized spacial score (nSPS) is 17.1. The van der Waals surface area contributed by atoms with E-state index >= 15 is 0 Å². The highest BCUT2D eigenvalue weighted by molar-refractivity contribution is 5.99. The maximum atomic E-state index is 12.3. The Morgan fingerprint density at radius 2 is 1.90 bits per heavy atom. The van der Waals surface area contributed by atoms with Crippen LogP contribution in [-0.2, 0) is 6.42 Å². The van der Waals surface area contributed by atoms with E-state index in [0.29, 0.717) is 12.3 Å². The van der Waals surface area contributed by atoms with Crippen LogP contribution in [-0.4, -0.2) is 10.4 Å². The number of aromatic nitrogens is 1. The highest BCUT2D eigenvalue weighted by Crippen LogP contribution is 2.36. The van der Waals surface area contributed by atoms with Crippen molar-refractivity contribution in [3.8, 4) is 5.69 Å². The van der Waals surface area contributed by atoms with Gasteiger partial charge < -0.3 is 4.57 Å². The molecule has 0 fully saturated rings. The monoisotopic (exact) mass is 281 g/mol. The van der Waals surface area contributed by atoms with Crippen LogP contribution in [0.4, 0.5) is 0 Å². The highest BCUT2D eigenvalue weighted by atomic mass is 16.1. The molecule has 2 aromatic rings. The van der Waals surface area contributed by atoms with Gasteiger partial charge in [-0.05, 0) is 41.5 Å². The van der Waals surface area contributed by atoms with Crippen molar-refractivity contribution in [2.45, 2.75) is 46.5 Å². The highest BCUT2D eigenvalue weighted by Gasteiger charge is 2.33. The summed E-state index contributed by atoms with van der Waals surface area (Å²) in [5, 5.41) is 0. The van der Waals surface area contributed by atoms with E-state index in [2.05, 4.69) is 56.5 Å². The van der Waals surface area contributed by atoms with Gasteiger partial charge in [-0.15, -0.1) is 0 Å². The summed E-state index contributed by atoms with van der Waals surface area (Å²) < 4.78 is 2.19. The number of hydrogen-bond acceptors (Lipinski definition) is 1. The van der Waals surface area contributed by atoms with Crippen LogP contribution >= 0.6 is 0 Å². The Kier molecular flexibility index (Phi) is 3.27. The molecule has 21 heavy (non-hydrogen) atoms. The Hall–Kier alpha value is -1.83. The standard InChI is InChI=1S/C19H23NO/c1-13(2)14-6-5-7-15(10-14)20-9-8-16-17(20)11-19(3,4)12-18(16)21/h5-10,13H,11-12H2,1-4H3. The molecule has 0 saturated carbocycles. The maximum Gasteiger partial charge on any atom is 0.165 e. The third-order valence-electron chi connectivity index (χ3n) is 4.39. The van der Waals surface area contributed by atoms with E-state index < -0.39 is 0 Å². The Balaban J connectivity index is 2.09. The molecule has 1 aromatic carbocycles. The average molecular weight is 281 g/mol. The molecule has 0 saturated heterocycles. The molecule has 0 radical (unpaired) electrons. The summed E-state index contributed by atoms with van der Waals surface area (Å²) in [5.41, 5.74) is 4.61. The van der Waals surface area contributed by atoms with Gasteiger partial charge in [0.1, 0.15) is 0 Å². The minimum absolute atomic E-state index is 0.0514. The minimum Gasteiger partial charge on any atom is -0.320 e. The van der Waals surface area contributed by atoms with Crippen LogP contribution in [0, 0.1) is 5.41 Å². The number of fused-ring (bicyclic) bond motifs is 1. The average Bonchev–Trinajstić information content (AvgIpc) is 2.81. The van der Waals surface area contributed by atoms with Gasteiger partial charge in [0, 0.05) is 29.6 Å². The molecule has 0 atom stereocenters. The summed E-state index contributed by atoms with van der Waals surface area (Å²) >= 11 is 0. The van der Waals surface area contributed by atoms with E-state index in [1.165, 1.54) is 5.56 Å². The second-order valence-electron chi connectivity index (χ2n) is 7.24. The smallest absolute Gasteiger partial charge is 0.165 e. The minimum atomic E-state index is 0.0514. The molecule has 3 rings (SSSR count). The topological polar surface area (TPSA) is 22.0 Å². The summed E-state index contributed by atoms with van der Waals surface area (Å²) in [7, 11) is 0. The van der Waals surface area contributed by atoms with E-state index in [-0.39, 0.29) is 11.2 Å². The van der Waals surface area contributed by atoms with Crippen molar-refractivity contribution in [3.63, 3.8) is 0 Å². The predicted octanol–water partition coefficient (Wildman–Crippen LogP) is 4.76. The van der Waals surface area contributed by atoms with Gasteiger partial charge in [-0.25, -0.2) is 0 Å². The van der Waals surface area contributed by atoms with Crippen molar-refractivity contribution < 1.29 is 4.79 Å². The molecule has 0 spiro atoms. The molecular weight excluding hydrogens is 258 g/mol. The second kappa shape index (κ2) is 4.87. The van der Waals surface area contributed by atoms with E-state index in [1.54, 1.807) is 0 Å². The first-order valence-corrected chi connectivity index (χ1v) is 7.71. The van der Waals surface area contributed by atoms with Crippen molar-refractivity contribution in [3.05, 3.63) is 53.3 Å². The van der Waals surface area contributed by atoms with Crippen LogP contribution < -0.4 is 0 Å². The molecule has 2 heteroatoms. The number of rotatable bonds is 2. The van der Waals surface area contributed by atoms with Crippen LogP contribution in [0.1, 0.15) is 61.6 Å². The zero-order valence-corrected chi connectivity index (χ0v) is 13.3. The molecule has 1 aromatic heterocycles. The number of hydrogen-bond donors (Lipinski definition) is 0. The molecule has 1 aliphatic rings. The summed E-state index contributed by atoms with van der Waals surface area (Å²) in [6.45, 7) is 8.76. The molecular formula is C19H23NO. The van der Waals surface area contributed by atoms with Crippen molar-refractivity contribution in [1.82, 2.24) is 4.57 Å². The second-order valence-corrected chi connectivity index (χ2v) is 7.24. The number of carbonyl (C=O) groups excluding carboxylic acids is 1. The zero-order valence-electron chi connectivity index (χ0n) is 13.3. The molecule has 1 heterocycles. The zero-order chi connectivity index (χ0) is 15.2. The van der Waals surface area contributed by atoms with E-state index in [0.717, 1.165) is 23.4 Å². The molecule has 0 bridgehead atoms. The molecule has 1 aliphatic carbocycles. The van der Waals surface area contributed by atoms with Crippen LogP contribution in [0.25, 0.3) is 5.69 Å². The summed E-state index contributed by atoms with van der Waals surface area (Å²) in [4.78, 5) is 12.3. The summed E-state index contributed by atoms with van der Waals surface area (Å²) in [6, 6.07) is 10.6. The number of ketones is 1. The number of benzene rings is 1. The van der Waals surface area contributed by atoms with Crippen molar-refractivity contribution >= 4 is 5.78 Å². The van der Waals surface area contributed by atoms with Crippen LogP contribution in [0.15, 0.2) is 36.5 Å². The maximum absolute atomic E-state index is 12.3. The number of nitrogens with zero attached hydrogens (tertiary/aromatic N) is 1. The molecule has 0 N–H and O–H groups in total. The van der Waals surface area contributed by atoms with Gasteiger partial charge in [0.2, 0.25) is 0 Å². The molecule has 110 valence electrons.